The van der Waals surface area contributed by atoms with Crippen LogP contribution in [-0.2, 0) is 11.2 Å². The molecule has 5 heteroatoms. The van der Waals surface area contributed by atoms with Crippen molar-refractivity contribution < 1.29 is 9.32 Å². The Morgan fingerprint density at radius 3 is 2.46 bits per heavy atom. The van der Waals surface area contributed by atoms with Gasteiger partial charge < -0.3 is 9.42 Å². The highest BCUT2D eigenvalue weighted by molar-refractivity contribution is 5.93. The van der Waals surface area contributed by atoms with Crippen molar-refractivity contribution in [3.63, 3.8) is 0 Å². The van der Waals surface area contributed by atoms with Gasteiger partial charge in [0.1, 0.15) is 0 Å². The topological polar surface area (TPSA) is 59.2 Å². The van der Waals surface area contributed by atoms with E-state index in [9.17, 15) is 4.79 Å². The second-order valence-electron chi connectivity index (χ2n) is 6.60. The first kappa shape index (κ1) is 17.9. The standard InChI is InChI=1S/C21H23N3O2/c1-14-5-8-17(9-6-14)21-22-19(26-23-21)11-12-20(25)24(4)18-10-7-15(2)16(3)13-18/h5-10,13H,11-12H2,1-4H3. The van der Waals surface area contributed by atoms with E-state index < -0.39 is 0 Å². The second kappa shape index (κ2) is 7.52. The van der Waals surface area contributed by atoms with E-state index in [4.69, 9.17) is 4.52 Å². The van der Waals surface area contributed by atoms with Crippen LogP contribution in [0.15, 0.2) is 47.0 Å². The van der Waals surface area contributed by atoms with Gasteiger partial charge in [0, 0.05) is 31.1 Å². The molecule has 0 aliphatic carbocycles. The molecule has 0 saturated carbocycles. The lowest BCUT2D eigenvalue weighted by atomic mass is 10.1. The number of nitrogens with zero attached hydrogens (tertiary/aromatic N) is 3. The van der Waals surface area contributed by atoms with Gasteiger partial charge >= 0.3 is 0 Å². The zero-order valence-corrected chi connectivity index (χ0v) is 15.6. The number of carbonyl (C=O) groups excluding carboxylic acids is 1. The van der Waals surface area contributed by atoms with Crippen molar-refractivity contribution in [2.24, 2.45) is 0 Å². The molecule has 0 fully saturated rings. The van der Waals surface area contributed by atoms with Crippen LogP contribution in [0.4, 0.5) is 5.69 Å². The average molecular weight is 349 g/mol. The maximum atomic E-state index is 12.5. The minimum atomic E-state index is 0.0170. The van der Waals surface area contributed by atoms with Gasteiger partial charge in [0.2, 0.25) is 17.6 Å². The van der Waals surface area contributed by atoms with Gasteiger partial charge in [0.05, 0.1) is 0 Å². The zero-order valence-electron chi connectivity index (χ0n) is 15.6. The van der Waals surface area contributed by atoms with Gasteiger partial charge in [0.15, 0.2) is 0 Å². The van der Waals surface area contributed by atoms with Gasteiger partial charge in [-0.05, 0) is 44.0 Å². The average Bonchev–Trinajstić information content (AvgIpc) is 3.11. The van der Waals surface area contributed by atoms with Crippen LogP contribution in [0.2, 0.25) is 0 Å². The van der Waals surface area contributed by atoms with Crippen LogP contribution in [0.1, 0.15) is 29.0 Å². The normalized spacial score (nSPS) is 10.8. The fourth-order valence-corrected chi connectivity index (χ4v) is 2.64. The Morgan fingerprint density at radius 1 is 1.04 bits per heavy atom. The predicted molar refractivity (Wildman–Crippen MR) is 102 cm³/mol. The quantitative estimate of drug-likeness (QED) is 0.691. The predicted octanol–water partition coefficient (Wildman–Crippen LogP) is 4.26. The van der Waals surface area contributed by atoms with Crippen molar-refractivity contribution in [1.82, 2.24) is 10.1 Å². The van der Waals surface area contributed by atoms with Crippen molar-refractivity contribution in [3.05, 3.63) is 65.0 Å². The monoisotopic (exact) mass is 349 g/mol. The molecule has 5 nitrogen and oxygen atoms in total. The molecule has 1 amide bonds. The Bertz CT molecular complexity index is 913. The summed E-state index contributed by atoms with van der Waals surface area (Å²) in [5.74, 6) is 1.04. The van der Waals surface area contributed by atoms with Gasteiger partial charge in [-0.2, -0.15) is 4.98 Å². The van der Waals surface area contributed by atoms with E-state index in [1.54, 1.807) is 11.9 Å². The summed E-state index contributed by atoms with van der Waals surface area (Å²) in [5.41, 5.74) is 5.36. The van der Waals surface area contributed by atoms with E-state index in [1.165, 1.54) is 16.7 Å². The van der Waals surface area contributed by atoms with Crippen LogP contribution in [0.3, 0.4) is 0 Å². The van der Waals surface area contributed by atoms with Gasteiger partial charge in [-0.25, -0.2) is 0 Å². The summed E-state index contributed by atoms with van der Waals surface area (Å²) < 4.78 is 5.29. The summed E-state index contributed by atoms with van der Waals surface area (Å²) in [6, 6.07) is 13.9. The molecule has 3 rings (SSSR count). The molecule has 0 N–H and O–H groups in total. The van der Waals surface area contributed by atoms with Crippen LogP contribution in [0, 0.1) is 20.8 Å². The number of anilines is 1. The van der Waals surface area contributed by atoms with Crippen molar-refractivity contribution in [2.45, 2.75) is 33.6 Å². The maximum absolute atomic E-state index is 12.5. The van der Waals surface area contributed by atoms with Gasteiger partial charge in [-0.1, -0.05) is 41.1 Å². The Hall–Kier alpha value is -2.95. The number of benzene rings is 2. The lowest BCUT2D eigenvalue weighted by Crippen LogP contribution is -2.26. The molecule has 2 aromatic carbocycles. The molecule has 0 spiro atoms. The zero-order chi connectivity index (χ0) is 18.7. The number of aromatic nitrogens is 2. The van der Waals surface area contributed by atoms with Crippen LogP contribution in [0.5, 0.6) is 0 Å². The van der Waals surface area contributed by atoms with E-state index in [0.29, 0.717) is 24.6 Å². The number of carbonyl (C=O) groups is 1. The third kappa shape index (κ3) is 3.99. The van der Waals surface area contributed by atoms with Gasteiger partial charge in [-0.3, -0.25) is 4.79 Å². The number of aryl methyl sites for hydroxylation is 4. The number of rotatable bonds is 5. The smallest absolute Gasteiger partial charge is 0.227 e. The molecule has 3 aromatic rings. The van der Waals surface area contributed by atoms with Crippen LogP contribution in [0.25, 0.3) is 11.4 Å². The van der Waals surface area contributed by atoms with Crippen molar-refractivity contribution in [1.29, 1.82) is 0 Å². The maximum Gasteiger partial charge on any atom is 0.227 e. The molecule has 1 aromatic heterocycles. The Morgan fingerprint density at radius 2 is 1.77 bits per heavy atom. The highest BCUT2D eigenvalue weighted by atomic mass is 16.5. The minimum Gasteiger partial charge on any atom is -0.339 e. The number of hydrogen-bond acceptors (Lipinski definition) is 4. The Balaban J connectivity index is 1.62. The molecule has 0 unspecified atom stereocenters. The summed E-state index contributed by atoms with van der Waals surface area (Å²) >= 11 is 0. The molecule has 0 aliphatic rings. The molecular weight excluding hydrogens is 326 g/mol. The third-order valence-corrected chi connectivity index (χ3v) is 4.58. The summed E-state index contributed by atoms with van der Waals surface area (Å²) in [4.78, 5) is 18.5. The SMILES string of the molecule is Cc1ccc(-c2noc(CCC(=O)N(C)c3ccc(C)c(C)c3)n2)cc1. The van der Waals surface area contributed by atoms with E-state index in [0.717, 1.165) is 11.3 Å². The van der Waals surface area contributed by atoms with E-state index in [2.05, 4.69) is 17.1 Å². The Labute approximate surface area is 153 Å². The van der Waals surface area contributed by atoms with E-state index in [1.807, 2.05) is 56.3 Å². The molecule has 1 heterocycles. The summed E-state index contributed by atoms with van der Waals surface area (Å²) in [6.07, 6.45) is 0.742. The highest BCUT2D eigenvalue weighted by Crippen LogP contribution is 2.20. The van der Waals surface area contributed by atoms with Gasteiger partial charge in [0.25, 0.3) is 0 Å². The number of amides is 1. The van der Waals surface area contributed by atoms with Crippen LogP contribution >= 0.6 is 0 Å². The highest BCUT2D eigenvalue weighted by Gasteiger charge is 2.15. The minimum absolute atomic E-state index is 0.0170. The Kier molecular flexibility index (Phi) is 5.16. The summed E-state index contributed by atoms with van der Waals surface area (Å²) in [7, 11) is 1.79. The fraction of sp³-hybridized carbons (Fsp3) is 0.286. The van der Waals surface area contributed by atoms with Crippen LogP contribution < -0.4 is 4.90 Å². The number of hydrogen-bond donors (Lipinski definition) is 0. The lowest BCUT2D eigenvalue weighted by Gasteiger charge is -2.18. The van der Waals surface area contributed by atoms with Gasteiger partial charge in [-0.15, -0.1) is 0 Å². The van der Waals surface area contributed by atoms with Crippen LogP contribution in [-0.4, -0.2) is 23.1 Å². The van der Waals surface area contributed by atoms with Crippen molar-refractivity contribution in [3.8, 4) is 11.4 Å². The fourth-order valence-electron chi connectivity index (χ4n) is 2.64. The molecule has 0 atom stereocenters. The second-order valence-corrected chi connectivity index (χ2v) is 6.60. The van der Waals surface area contributed by atoms with Crippen molar-refractivity contribution in [2.75, 3.05) is 11.9 Å². The molecule has 0 bridgehead atoms. The molecular formula is C21H23N3O2. The molecule has 0 aliphatic heterocycles. The first-order chi connectivity index (χ1) is 12.4. The van der Waals surface area contributed by atoms with Crippen molar-refractivity contribution >= 4 is 11.6 Å². The third-order valence-electron chi connectivity index (χ3n) is 4.58. The van der Waals surface area contributed by atoms with E-state index >= 15 is 0 Å². The summed E-state index contributed by atoms with van der Waals surface area (Å²) in [5, 5.41) is 4.01. The largest absolute Gasteiger partial charge is 0.339 e. The summed E-state index contributed by atoms with van der Waals surface area (Å²) in [6.45, 7) is 6.13. The lowest BCUT2D eigenvalue weighted by molar-refractivity contribution is -0.118. The molecule has 26 heavy (non-hydrogen) atoms. The molecule has 0 saturated heterocycles. The molecule has 0 radical (unpaired) electrons. The molecule has 134 valence electrons. The first-order valence-corrected chi connectivity index (χ1v) is 8.67. The van der Waals surface area contributed by atoms with E-state index in [-0.39, 0.29) is 5.91 Å². The first-order valence-electron chi connectivity index (χ1n) is 8.67.